The van der Waals surface area contributed by atoms with Gasteiger partial charge in [0.1, 0.15) is 0 Å². The van der Waals surface area contributed by atoms with Crippen LogP contribution >= 0.6 is 11.3 Å². The van der Waals surface area contributed by atoms with Gasteiger partial charge in [-0.15, -0.1) is 11.3 Å². The minimum Gasteiger partial charge on any atom is -0.490 e. The summed E-state index contributed by atoms with van der Waals surface area (Å²) in [4.78, 5) is 57.3. The van der Waals surface area contributed by atoms with Crippen LogP contribution in [0, 0.1) is 6.92 Å². The molecular weight excluding hydrogens is 460 g/mol. The van der Waals surface area contributed by atoms with Gasteiger partial charge in [-0.1, -0.05) is 13.8 Å². The van der Waals surface area contributed by atoms with E-state index in [9.17, 15) is 19.2 Å². The van der Waals surface area contributed by atoms with Crippen molar-refractivity contribution in [1.29, 1.82) is 0 Å². The maximum atomic E-state index is 13.1. The lowest BCUT2D eigenvalue weighted by Crippen LogP contribution is -2.33. The highest BCUT2D eigenvalue weighted by Crippen LogP contribution is 2.34. The van der Waals surface area contributed by atoms with Gasteiger partial charge in [0.05, 0.1) is 31.1 Å². The van der Waals surface area contributed by atoms with E-state index >= 15 is 0 Å². The Bertz CT molecular complexity index is 1330. The molecule has 1 aliphatic heterocycles. The second-order valence-electron chi connectivity index (χ2n) is 7.72. The summed E-state index contributed by atoms with van der Waals surface area (Å²) < 4.78 is 12.9. The van der Waals surface area contributed by atoms with E-state index in [1.165, 1.54) is 33.9 Å². The summed E-state index contributed by atoms with van der Waals surface area (Å²) in [5.74, 6) is -1.10. The number of rotatable bonds is 9. The summed E-state index contributed by atoms with van der Waals surface area (Å²) in [6.45, 7) is 6.33. The van der Waals surface area contributed by atoms with Crippen LogP contribution in [-0.4, -0.2) is 45.3 Å². The Morgan fingerprint density at radius 2 is 1.65 bits per heavy atom. The van der Waals surface area contributed by atoms with E-state index in [0.717, 1.165) is 28.3 Å². The van der Waals surface area contributed by atoms with E-state index in [0.29, 0.717) is 29.7 Å². The van der Waals surface area contributed by atoms with E-state index in [1.54, 1.807) is 18.4 Å². The molecule has 4 rings (SSSR count). The highest BCUT2D eigenvalue weighted by molar-refractivity contribution is 7.15. The molecule has 10 nitrogen and oxygen atoms in total. The number of carbonyl (C=O) groups is 3. The predicted molar refractivity (Wildman–Crippen MR) is 126 cm³/mol. The molecule has 0 atom stereocenters. The topological polar surface area (TPSA) is 111 Å². The molecule has 2 aromatic heterocycles. The number of ether oxygens (including phenoxy) is 2. The zero-order valence-corrected chi connectivity index (χ0v) is 19.9. The number of aromatic nitrogens is 2. The number of carbonyl (C=O) groups excluding carboxylic acids is 3. The van der Waals surface area contributed by atoms with Crippen molar-refractivity contribution in [3.05, 3.63) is 51.4 Å². The van der Waals surface area contributed by atoms with Gasteiger partial charge in [-0.25, -0.2) is 19.6 Å². The molecule has 178 valence electrons. The van der Waals surface area contributed by atoms with Crippen molar-refractivity contribution in [1.82, 2.24) is 14.3 Å². The Hall–Kier alpha value is -3.73. The zero-order chi connectivity index (χ0) is 24.4. The highest BCUT2D eigenvalue weighted by Gasteiger charge is 2.45. The summed E-state index contributed by atoms with van der Waals surface area (Å²) in [6, 6.07) is 5.10. The Morgan fingerprint density at radius 3 is 2.35 bits per heavy atom. The van der Waals surface area contributed by atoms with Gasteiger partial charge in [0.25, 0.3) is 5.56 Å². The minimum atomic E-state index is -0.989. The van der Waals surface area contributed by atoms with E-state index in [2.05, 4.69) is 4.98 Å². The van der Waals surface area contributed by atoms with Gasteiger partial charge >= 0.3 is 17.8 Å². The van der Waals surface area contributed by atoms with Crippen molar-refractivity contribution < 1.29 is 23.9 Å². The standard InChI is InChI=1S/C23H24N4O6S/c1-4-8-32-17-7-6-16(11-18(17)33-9-5-2)27-21(30)20(29)25(23(27)31)12-15-10-19(28)26-14(3)13-34-22(26)24-15/h6-7,10-11,13H,4-5,8-9,12H2,1-3H3. The van der Waals surface area contributed by atoms with Crippen molar-refractivity contribution in [3.8, 4) is 11.5 Å². The van der Waals surface area contributed by atoms with Gasteiger partial charge in [0.2, 0.25) is 0 Å². The Kier molecular flexibility index (Phi) is 6.64. The molecule has 0 N–H and O–H groups in total. The first-order valence-corrected chi connectivity index (χ1v) is 11.8. The Morgan fingerprint density at radius 1 is 0.941 bits per heavy atom. The molecule has 3 aromatic rings. The first kappa shape index (κ1) is 23.4. The number of hydrogen-bond acceptors (Lipinski definition) is 8. The highest BCUT2D eigenvalue weighted by atomic mass is 32.1. The van der Waals surface area contributed by atoms with Crippen molar-refractivity contribution in [2.45, 2.75) is 40.2 Å². The molecular formula is C23H24N4O6S. The quantitative estimate of drug-likeness (QED) is 0.339. The fraction of sp³-hybridized carbons (Fsp3) is 0.348. The first-order chi connectivity index (χ1) is 16.3. The third kappa shape index (κ3) is 4.26. The summed E-state index contributed by atoms with van der Waals surface area (Å²) in [5, 5.41) is 1.79. The average molecular weight is 485 g/mol. The fourth-order valence-electron chi connectivity index (χ4n) is 3.51. The smallest absolute Gasteiger partial charge is 0.339 e. The summed E-state index contributed by atoms with van der Waals surface area (Å²) in [5.41, 5.74) is 0.837. The molecule has 3 heterocycles. The molecule has 0 aliphatic carbocycles. The Labute approximate surface area is 199 Å². The Balaban J connectivity index is 1.62. The second kappa shape index (κ2) is 9.64. The van der Waals surface area contributed by atoms with Gasteiger partial charge < -0.3 is 9.47 Å². The maximum Gasteiger partial charge on any atom is 0.339 e. The second-order valence-corrected chi connectivity index (χ2v) is 8.56. The number of benzene rings is 1. The van der Waals surface area contributed by atoms with E-state index in [-0.39, 0.29) is 23.5 Å². The van der Waals surface area contributed by atoms with Crippen molar-refractivity contribution in [3.63, 3.8) is 0 Å². The third-order valence-electron chi connectivity index (χ3n) is 5.11. The molecule has 1 fully saturated rings. The molecule has 1 aliphatic rings. The number of urea groups is 1. The number of aryl methyl sites for hydroxylation is 1. The number of amides is 4. The monoisotopic (exact) mass is 484 g/mol. The molecule has 34 heavy (non-hydrogen) atoms. The largest absolute Gasteiger partial charge is 0.490 e. The number of nitrogens with zero attached hydrogens (tertiary/aromatic N) is 4. The average Bonchev–Trinajstić information content (AvgIpc) is 3.29. The number of anilines is 1. The first-order valence-electron chi connectivity index (χ1n) is 10.9. The van der Waals surface area contributed by atoms with E-state index in [4.69, 9.17) is 9.47 Å². The van der Waals surface area contributed by atoms with Crippen LogP contribution in [0.15, 0.2) is 34.4 Å². The van der Waals surface area contributed by atoms with Gasteiger partial charge in [-0.2, -0.15) is 0 Å². The molecule has 0 saturated carbocycles. The number of fused-ring (bicyclic) bond motifs is 1. The maximum absolute atomic E-state index is 13.1. The van der Waals surface area contributed by atoms with Gasteiger partial charge in [0, 0.05) is 23.2 Å². The molecule has 1 aromatic carbocycles. The van der Waals surface area contributed by atoms with Crippen LogP contribution in [0.25, 0.3) is 4.96 Å². The van der Waals surface area contributed by atoms with Crippen LogP contribution in [0.4, 0.5) is 10.5 Å². The molecule has 11 heteroatoms. The van der Waals surface area contributed by atoms with Crippen molar-refractivity contribution in [2.75, 3.05) is 18.1 Å². The lowest BCUT2D eigenvalue weighted by Gasteiger charge is -2.18. The van der Waals surface area contributed by atoms with Crippen molar-refractivity contribution >= 4 is 39.8 Å². The fourth-order valence-corrected chi connectivity index (χ4v) is 4.40. The van der Waals surface area contributed by atoms with Crippen LogP contribution in [0.2, 0.25) is 0 Å². The SMILES string of the molecule is CCCOc1ccc(N2C(=O)C(=O)N(Cc3cc(=O)n4c(C)csc4n3)C2=O)cc1OCCC. The van der Waals surface area contributed by atoms with Crippen LogP contribution in [0.5, 0.6) is 11.5 Å². The van der Waals surface area contributed by atoms with Crippen molar-refractivity contribution in [2.24, 2.45) is 0 Å². The summed E-state index contributed by atoms with van der Waals surface area (Å²) in [6.07, 6.45) is 1.56. The number of imide groups is 2. The lowest BCUT2D eigenvalue weighted by molar-refractivity contribution is -0.139. The predicted octanol–water partition coefficient (Wildman–Crippen LogP) is 3.14. The van der Waals surface area contributed by atoms with Crippen LogP contribution in [0.1, 0.15) is 38.1 Å². The van der Waals surface area contributed by atoms with Gasteiger partial charge in [-0.05, 0) is 31.9 Å². The van der Waals surface area contributed by atoms with Gasteiger partial charge in [-0.3, -0.25) is 18.8 Å². The molecule has 0 spiro atoms. The lowest BCUT2D eigenvalue weighted by atomic mass is 10.2. The van der Waals surface area contributed by atoms with Gasteiger partial charge in [0.15, 0.2) is 16.5 Å². The van der Waals surface area contributed by atoms with Crippen LogP contribution < -0.4 is 19.9 Å². The van der Waals surface area contributed by atoms with Crippen LogP contribution in [0.3, 0.4) is 0 Å². The molecule has 1 saturated heterocycles. The zero-order valence-electron chi connectivity index (χ0n) is 19.1. The molecule has 0 bridgehead atoms. The molecule has 0 radical (unpaired) electrons. The number of hydrogen-bond donors (Lipinski definition) is 0. The van der Waals surface area contributed by atoms with Crippen LogP contribution in [-0.2, 0) is 16.1 Å². The third-order valence-corrected chi connectivity index (χ3v) is 6.05. The number of thiazole rings is 1. The van der Waals surface area contributed by atoms with E-state index in [1.807, 2.05) is 13.8 Å². The van der Waals surface area contributed by atoms with E-state index < -0.39 is 17.8 Å². The summed E-state index contributed by atoms with van der Waals surface area (Å²) >= 11 is 1.27. The normalized spacial score (nSPS) is 13.9. The molecule has 0 unspecified atom stereocenters. The summed E-state index contributed by atoms with van der Waals surface area (Å²) in [7, 11) is 0. The minimum absolute atomic E-state index is 0.193. The molecule has 4 amide bonds.